The largest absolute Gasteiger partial charge is 0.497 e. The summed E-state index contributed by atoms with van der Waals surface area (Å²) in [6.45, 7) is 4.04. The second-order valence-electron chi connectivity index (χ2n) is 4.43. The van der Waals surface area contributed by atoms with Crippen LogP contribution in [0.4, 0.5) is 4.79 Å². The van der Waals surface area contributed by atoms with Crippen LogP contribution in [0.5, 0.6) is 5.75 Å². The van der Waals surface area contributed by atoms with Gasteiger partial charge in [0.15, 0.2) is 0 Å². The molecule has 0 atom stereocenters. The summed E-state index contributed by atoms with van der Waals surface area (Å²) in [7, 11) is 1.64. The van der Waals surface area contributed by atoms with E-state index in [9.17, 15) is 4.79 Å². The normalized spacial score (nSPS) is 15.6. The number of carbonyl (C=O) groups is 1. The van der Waals surface area contributed by atoms with Gasteiger partial charge in [0.05, 0.1) is 12.6 Å². The number of hydrogen-bond donors (Lipinski definition) is 2. The van der Waals surface area contributed by atoms with Gasteiger partial charge < -0.3 is 15.4 Å². The Kier molecular flexibility index (Phi) is 3.55. The SMILES string of the molecule is C=CCNC(=O)NC1(c2ccc(OC)cc2)CC1. The third kappa shape index (κ3) is 2.64. The van der Waals surface area contributed by atoms with E-state index in [-0.39, 0.29) is 11.6 Å². The Labute approximate surface area is 107 Å². The first kappa shape index (κ1) is 12.5. The van der Waals surface area contributed by atoms with Gasteiger partial charge in [0.1, 0.15) is 5.75 Å². The van der Waals surface area contributed by atoms with E-state index in [0.29, 0.717) is 6.54 Å². The molecule has 0 heterocycles. The van der Waals surface area contributed by atoms with Crippen LogP contribution in [-0.2, 0) is 5.54 Å². The zero-order valence-electron chi connectivity index (χ0n) is 10.5. The first-order chi connectivity index (χ1) is 8.70. The molecule has 1 aromatic rings. The minimum absolute atomic E-state index is 0.150. The van der Waals surface area contributed by atoms with Gasteiger partial charge in [-0.05, 0) is 30.5 Å². The van der Waals surface area contributed by atoms with Crippen LogP contribution >= 0.6 is 0 Å². The number of carbonyl (C=O) groups excluding carboxylic acids is 1. The van der Waals surface area contributed by atoms with Crippen molar-refractivity contribution in [1.29, 1.82) is 0 Å². The lowest BCUT2D eigenvalue weighted by Gasteiger charge is -2.18. The number of urea groups is 1. The third-order valence-corrected chi connectivity index (χ3v) is 3.15. The van der Waals surface area contributed by atoms with Crippen molar-refractivity contribution in [2.75, 3.05) is 13.7 Å². The fourth-order valence-electron chi connectivity index (χ4n) is 1.95. The molecule has 0 aromatic heterocycles. The summed E-state index contributed by atoms with van der Waals surface area (Å²) in [5, 5.41) is 5.75. The molecule has 18 heavy (non-hydrogen) atoms. The molecule has 96 valence electrons. The molecule has 4 heteroatoms. The Bertz CT molecular complexity index is 436. The molecule has 0 radical (unpaired) electrons. The molecule has 1 fully saturated rings. The Morgan fingerprint density at radius 3 is 2.61 bits per heavy atom. The molecule has 0 spiro atoms. The lowest BCUT2D eigenvalue weighted by Crippen LogP contribution is -2.42. The number of benzene rings is 1. The Morgan fingerprint density at radius 1 is 1.44 bits per heavy atom. The Hall–Kier alpha value is -1.97. The fourth-order valence-corrected chi connectivity index (χ4v) is 1.95. The molecule has 0 saturated heterocycles. The maximum Gasteiger partial charge on any atom is 0.315 e. The van der Waals surface area contributed by atoms with Gasteiger partial charge in [-0.1, -0.05) is 18.2 Å². The molecule has 2 amide bonds. The minimum Gasteiger partial charge on any atom is -0.497 e. The van der Waals surface area contributed by atoms with Crippen LogP contribution in [0.3, 0.4) is 0 Å². The molecular weight excluding hydrogens is 228 g/mol. The summed E-state index contributed by atoms with van der Waals surface area (Å²) in [4.78, 5) is 11.7. The van der Waals surface area contributed by atoms with Crippen molar-refractivity contribution < 1.29 is 9.53 Å². The molecular formula is C14H18N2O2. The van der Waals surface area contributed by atoms with E-state index >= 15 is 0 Å². The van der Waals surface area contributed by atoms with Crippen LogP contribution in [-0.4, -0.2) is 19.7 Å². The number of hydrogen-bond acceptors (Lipinski definition) is 2. The Morgan fingerprint density at radius 2 is 2.11 bits per heavy atom. The van der Waals surface area contributed by atoms with Gasteiger partial charge in [-0.25, -0.2) is 4.79 Å². The van der Waals surface area contributed by atoms with Gasteiger partial charge in [-0.3, -0.25) is 0 Å². The van der Waals surface area contributed by atoms with Crippen molar-refractivity contribution in [3.63, 3.8) is 0 Å². The molecule has 1 aliphatic carbocycles. The second kappa shape index (κ2) is 5.12. The first-order valence-corrected chi connectivity index (χ1v) is 6.02. The highest BCUT2D eigenvalue weighted by atomic mass is 16.5. The highest BCUT2D eigenvalue weighted by Gasteiger charge is 2.45. The van der Waals surface area contributed by atoms with Gasteiger partial charge >= 0.3 is 6.03 Å². The third-order valence-electron chi connectivity index (χ3n) is 3.15. The van der Waals surface area contributed by atoms with Crippen LogP contribution in [0.15, 0.2) is 36.9 Å². The van der Waals surface area contributed by atoms with Crippen LogP contribution < -0.4 is 15.4 Å². The summed E-state index contributed by atoms with van der Waals surface area (Å²) in [6, 6.07) is 7.68. The molecule has 1 aliphatic rings. The molecule has 1 saturated carbocycles. The van der Waals surface area contributed by atoms with E-state index in [1.165, 1.54) is 0 Å². The second-order valence-corrected chi connectivity index (χ2v) is 4.43. The minimum atomic E-state index is -0.197. The van der Waals surface area contributed by atoms with Gasteiger partial charge in [-0.15, -0.1) is 6.58 Å². The van der Waals surface area contributed by atoms with Gasteiger partial charge in [0, 0.05) is 6.54 Å². The van der Waals surface area contributed by atoms with E-state index in [0.717, 1.165) is 24.2 Å². The summed E-state index contributed by atoms with van der Waals surface area (Å²) < 4.78 is 5.13. The zero-order valence-corrected chi connectivity index (χ0v) is 10.5. The average molecular weight is 246 g/mol. The van der Waals surface area contributed by atoms with Crippen molar-refractivity contribution in [2.24, 2.45) is 0 Å². The highest BCUT2D eigenvalue weighted by molar-refractivity contribution is 5.75. The predicted octanol–water partition coefficient (Wildman–Crippen LogP) is 2.17. The van der Waals surface area contributed by atoms with E-state index in [4.69, 9.17) is 4.74 Å². The Balaban J connectivity index is 2.02. The number of nitrogens with one attached hydrogen (secondary N) is 2. The molecule has 2 N–H and O–H groups in total. The van der Waals surface area contributed by atoms with Crippen molar-refractivity contribution in [2.45, 2.75) is 18.4 Å². The highest BCUT2D eigenvalue weighted by Crippen LogP contribution is 2.45. The van der Waals surface area contributed by atoms with Gasteiger partial charge in [0.25, 0.3) is 0 Å². The van der Waals surface area contributed by atoms with Crippen molar-refractivity contribution in [1.82, 2.24) is 10.6 Å². The van der Waals surface area contributed by atoms with Crippen LogP contribution in [0.1, 0.15) is 18.4 Å². The molecule has 0 aliphatic heterocycles. The van der Waals surface area contributed by atoms with Crippen molar-refractivity contribution in [3.8, 4) is 5.75 Å². The lowest BCUT2D eigenvalue weighted by atomic mass is 10.1. The maximum atomic E-state index is 11.7. The quantitative estimate of drug-likeness (QED) is 0.782. The van der Waals surface area contributed by atoms with E-state index < -0.39 is 0 Å². The topological polar surface area (TPSA) is 50.4 Å². The summed E-state index contributed by atoms with van der Waals surface area (Å²) in [6.07, 6.45) is 3.61. The van der Waals surface area contributed by atoms with E-state index in [1.54, 1.807) is 13.2 Å². The standard InChI is InChI=1S/C14H18N2O2/c1-3-10-15-13(17)16-14(8-9-14)11-4-6-12(18-2)7-5-11/h3-7H,1,8-10H2,2H3,(H2,15,16,17). The van der Waals surface area contributed by atoms with Gasteiger partial charge in [0.2, 0.25) is 0 Å². The summed E-state index contributed by atoms with van der Waals surface area (Å²) in [5.74, 6) is 0.825. The van der Waals surface area contributed by atoms with Crippen LogP contribution in [0.25, 0.3) is 0 Å². The zero-order chi connectivity index (χ0) is 13.0. The lowest BCUT2D eigenvalue weighted by molar-refractivity contribution is 0.237. The molecule has 2 rings (SSSR count). The molecule has 1 aromatic carbocycles. The van der Waals surface area contributed by atoms with Crippen molar-refractivity contribution >= 4 is 6.03 Å². The van der Waals surface area contributed by atoms with E-state index in [2.05, 4.69) is 17.2 Å². The molecule has 4 nitrogen and oxygen atoms in total. The van der Waals surface area contributed by atoms with Crippen LogP contribution in [0, 0.1) is 0 Å². The summed E-state index contributed by atoms with van der Waals surface area (Å²) in [5.41, 5.74) is 0.925. The predicted molar refractivity (Wildman–Crippen MR) is 70.6 cm³/mol. The molecule has 0 unspecified atom stereocenters. The summed E-state index contributed by atoms with van der Waals surface area (Å²) >= 11 is 0. The number of amides is 2. The number of rotatable bonds is 5. The van der Waals surface area contributed by atoms with Gasteiger partial charge in [-0.2, -0.15) is 0 Å². The van der Waals surface area contributed by atoms with Crippen LogP contribution in [0.2, 0.25) is 0 Å². The maximum absolute atomic E-state index is 11.7. The van der Waals surface area contributed by atoms with Crippen molar-refractivity contribution in [3.05, 3.63) is 42.5 Å². The van der Waals surface area contributed by atoms with E-state index in [1.807, 2.05) is 24.3 Å². The average Bonchev–Trinajstić information content (AvgIpc) is 3.17. The number of methoxy groups -OCH3 is 1. The smallest absolute Gasteiger partial charge is 0.315 e. The molecule has 0 bridgehead atoms. The first-order valence-electron chi connectivity index (χ1n) is 6.02. The monoisotopic (exact) mass is 246 g/mol. The fraction of sp³-hybridized carbons (Fsp3) is 0.357. The number of ether oxygens (including phenoxy) is 1.